The highest BCUT2D eigenvalue weighted by Crippen LogP contribution is 2.32. The molecular weight excluding hydrogens is 664 g/mol. The Hall–Kier alpha value is -4.85. The van der Waals surface area contributed by atoms with E-state index in [-0.39, 0.29) is 36.6 Å². The molecule has 3 heterocycles. The summed E-state index contributed by atoms with van der Waals surface area (Å²) in [4.78, 5) is 21.8. The highest BCUT2D eigenvalue weighted by atomic mass is 32.2. The van der Waals surface area contributed by atoms with E-state index in [2.05, 4.69) is 9.97 Å². The zero-order valence-electron chi connectivity index (χ0n) is 25.5. The molecule has 0 saturated heterocycles. The largest absolute Gasteiger partial charge is 0.494 e. The van der Waals surface area contributed by atoms with Gasteiger partial charge in [-0.3, -0.25) is 4.79 Å². The van der Waals surface area contributed by atoms with Crippen molar-refractivity contribution in [3.8, 4) is 17.0 Å². The minimum atomic E-state index is -4.13. The second-order valence-electron chi connectivity index (χ2n) is 10.9. The molecule has 0 radical (unpaired) electrons. The Kier molecular flexibility index (Phi) is 9.71. The molecule has 1 atom stereocenters. The molecule has 6 aromatic rings. The minimum Gasteiger partial charge on any atom is -0.494 e. The number of hydrogen-bond donors (Lipinski definition) is 0. The molecule has 0 aliphatic heterocycles. The van der Waals surface area contributed by atoms with Crippen LogP contribution in [-0.2, 0) is 27.7 Å². The molecule has 6 rings (SSSR count). The molecule has 8 nitrogen and oxygen atoms in total. The average Bonchev–Trinajstić information content (AvgIpc) is 3.57. The van der Waals surface area contributed by atoms with Crippen LogP contribution in [-0.4, -0.2) is 35.8 Å². The van der Waals surface area contributed by atoms with Crippen LogP contribution in [0.2, 0.25) is 0 Å². The van der Waals surface area contributed by atoms with Crippen LogP contribution in [0.15, 0.2) is 106 Å². The van der Waals surface area contributed by atoms with Crippen molar-refractivity contribution in [2.75, 3.05) is 12.9 Å². The van der Waals surface area contributed by atoms with Gasteiger partial charge in [0.05, 0.1) is 37.8 Å². The SMILES string of the molecule is COc1ccc(Cn2cc(-c3nc(S(=O)(=O)CCC(OCc4ccccc4F)c4ccccc4)nc4sccc34)cc(F)c2=O)cc1F. The van der Waals surface area contributed by atoms with Crippen molar-refractivity contribution in [3.63, 3.8) is 0 Å². The van der Waals surface area contributed by atoms with Crippen LogP contribution in [0.25, 0.3) is 21.5 Å². The maximum absolute atomic E-state index is 15.1. The second kappa shape index (κ2) is 14.1. The van der Waals surface area contributed by atoms with Crippen molar-refractivity contribution < 1.29 is 31.1 Å². The molecular formula is C35H28F3N3O5S2. The van der Waals surface area contributed by atoms with Gasteiger partial charge in [0, 0.05) is 22.7 Å². The summed E-state index contributed by atoms with van der Waals surface area (Å²) in [6.45, 7) is -0.236. The number of pyridine rings is 1. The number of sulfone groups is 1. The fourth-order valence-corrected chi connectivity index (χ4v) is 7.21. The van der Waals surface area contributed by atoms with Gasteiger partial charge < -0.3 is 14.0 Å². The Balaban J connectivity index is 1.31. The van der Waals surface area contributed by atoms with E-state index in [1.54, 1.807) is 60.0 Å². The highest BCUT2D eigenvalue weighted by Gasteiger charge is 2.25. The fourth-order valence-electron chi connectivity index (χ4n) is 5.22. The van der Waals surface area contributed by atoms with Gasteiger partial charge in [-0.05, 0) is 53.3 Å². The lowest BCUT2D eigenvalue weighted by Gasteiger charge is -2.19. The van der Waals surface area contributed by atoms with Crippen molar-refractivity contribution in [1.29, 1.82) is 0 Å². The Bertz CT molecular complexity index is 2260. The number of aromatic nitrogens is 3. The van der Waals surface area contributed by atoms with Gasteiger partial charge in [-0.2, -0.15) is 0 Å². The molecule has 0 bridgehead atoms. The van der Waals surface area contributed by atoms with E-state index in [9.17, 15) is 22.0 Å². The molecule has 3 aromatic heterocycles. The third-order valence-corrected chi connectivity index (χ3v) is 10.0. The number of fused-ring (bicyclic) bond motifs is 1. The quantitative estimate of drug-likeness (QED) is 0.126. The van der Waals surface area contributed by atoms with Crippen LogP contribution >= 0.6 is 11.3 Å². The summed E-state index contributed by atoms with van der Waals surface area (Å²) in [5.41, 5.74) is 0.740. The maximum Gasteiger partial charge on any atom is 0.286 e. The Morgan fingerprint density at radius 1 is 0.896 bits per heavy atom. The van der Waals surface area contributed by atoms with Crippen LogP contribution in [0.4, 0.5) is 13.2 Å². The molecule has 1 unspecified atom stereocenters. The monoisotopic (exact) mass is 691 g/mol. The summed E-state index contributed by atoms with van der Waals surface area (Å²) in [7, 11) is -2.80. The van der Waals surface area contributed by atoms with Crippen LogP contribution in [0.5, 0.6) is 5.75 Å². The van der Waals surface area contributed by atoms with Gasteiger partial charge in [0.2, 0.25) is 15.0 Å². The third kappa shape index (κ3) is 7.18. The van der Waals surface area contributed by atoms with Crippen LogP contribution in [0.3, 0.4) is 0 Å². The van der Waals surface area contributed by atoms with Gasteiger partial charge in [0.25, 0.3) is 5.56 Å². The van der Waals surface area contributed by atoms with E-state index in [4.69, 9.17) is 9.47 Å². The topological polar surface area (TPSA) is 100 Å². The van der Waals surface area contributed by atoms with Gasteiger partial charge >= 0.3 is 0 Å². The van der Waals surface area contributed by atoms with Gasteiger partial charge in [-0.25, -0.2) is 31.6 Å². The Morgan fingerprint density at radius 2 is 1.67 bits per heavy atom. The molecule has 0 spiro atoms. The van der Waals surface area contributed by atoms with E-state index in [1.807, 2.05) is 6.07 Å². The summed E-state index contributed by atoms with van der Waals surface area (Å²) in [6.07, 6.45) is 0.677. The average molecular weight is 692 g/mol. The normalized spacial score (nSPS) is 12.3. The summed E-state index contributed by atoms with van der Waals surface area (Å²) < 4.78 is 83.2. The molecule has 246 valence electrons. The maximum atomic E-state index is 15.1. The molecule has 3 aromatic carbocycles. The molecule has 0 amide bonds. The van der Waals surface area contributed by atoms with E-state index in [1.165, 1.54) is 42.8 Å². The number of hydrogen-bond acceptors (Lipinski definition) is 8. The van der Waals surface area contributed by atoms with Crippen molar-refractivity contribution >= 4 is 31.4 Å². The summed E-state index contributed by atoms with van der Waals surface area (Å²) in [5, 5.41) is 1.70. The minimum absolute atomic E-state index is 0.0138. The number of benzene rings is 3. The molecule has 48 heavy (non-hydrogen) atoms. The number of halogens is 3. The summed E-state index contributed by atoms with van der Waals surface area (Å²) >= 11 is 1.18. The zero-order valence-corrected chi connectivity index (χ0v) is 27.1. The number of thiophene rings is 1. The molecule has 0 aliphatic carbocycles. The summed E-state index contributed by atoms with van der Waals surface area (Å²) in [5.74, 6) is -2.55. The van der Waals surface area contributed by atoms with Crippen LogP contribution in [0.1, 0.15) is 29.2 Å². The predicted octanol–water partition coefficient (Wildman–Crippen LogP) is 7.12. The Labute approximate surface area is 278 Å². The van der Waals surface area contributed by atoms with Crippen molar-refractivity contribution in [3.05, 3.63) is 141 Å². The van der Waals surface area contributed by atoms with Crippen molar-refractivity contribution in [1.82, 2.24) is 14.5 Å². The van der Waals surface area contributed by atoms with E-state index >= 15 is 4.39 Å². The van der Waals surface area contributed by atoms with E-state index in [0.717, 1.165) is 10.6 Å². The lowest BCUT2D eigenvalue weighted by atomic mass is 10.1. The van der Waals surface area contributed by atoms with Gasteiger partial charge in [0.15, 0.2) is 17.4 Å². The van der Waals surface area contributed by atoms with Crippen LogP contribution in [0, 0.1) is 17.5 Å². The standard InChI is InChI=1S/C35H28F3N3O5S2/c1-45-31-12-11-22(17-28(31)37)19-41-20-25(18-29(38)34(41)42)32-26-13-15-47-33(26)40-35(39-32)48(43,44)16-14-30(23-7-3-2-4-8-23)46-21-24-9-5-6-10-27(24)36/h2-13,15,17-18,20,30H,14,16,19,21H2,1H3. The smallest absolute Gasteiger partial charge is 0.286 e. The first-order valence-electron chi connectivity index (χ1n) is 14.7. The van der Waals surface area contributed by atoms with E-state index in [0.29, 0.717) is 26.9 Å². The first-order chi connectivity index (χ1) is 23.1. The highest BCUT2D eigenvalue weighted by molar-refractivity contribution is 7.91. The van der Waals surface area contributed by atoms with E-state index < -0.39 is 49.9 Å². The number of nitrogens with zero attached hydrogens (tertiary/aromatic N) is 3. The van der Waals surface area contributed by atoms with Crippen molar-refractivity contribution in [2.45, 2.75) is 30.8 Å². The Morgan fingerprint density at radius 3 is 2.42 bits per heavy atom. The lowest BCUT2D eigenvalue weighted by molar-refractivity contribution is 0.0361. The molecule has 0 saturated carbocycles. The first kappa shape index (κ1) is 33.1. The first-order valence-corrected chi connectivity index (χ1v) is 17.3. The molecule has 0 fully saturated rings. The summed E-state index contributed by atoms with van der Waals surface area (Å²) in [6, 6.07) is 22.0. The fraction of sp³-hybridized carbons (Fsp3) is 0.171. The molecule has 13 heteroatoms. The van der Waals surface area contributed by atoms with Crippen molar-refractivity contribution in [2.24, 2.45) is 0 Å². The molecule has 0 aliphatic rings. The number of rotatable bonds is 12. The number of methoxy groups -OCH3 is 1. The van der Waals surface area contributed by atoms with Gasteiger partial charge in [-0.15, -0.1) is 11.3 Å². The van der Waals surface area contributed by atoms with Gasteiger partial charge in [0.1, 0.15) is 10.6 Å². The number of ether oxygens (including phenoxy) is 2. The van der Waals surface area contributed by atoms with Crippen LogP contribution < -0.4 is 10.3 Å². The third-order valence-electron chi connectivity index (χ3n) is 7.69. The lowest BCUT2D eigenvalue weighted by Crippen LogP contribution is -2.23. The molecule has 0 N–H and O–H groups in total. The zero-order chi connectivity index (χ0) is 33.8. The second-order valence-corrected chi connectivity index (χ2v) is 13.8. The predicted molar refractivity (Wildman–Crippen MR) is 176 cm³/mol. The van der Waals surface area contributed by atoms with Gasteiger partial charge in [-0.1, -0.05) is 54.6 Å².